The number of rotatable bonds is 12. The van der Waals surface area contributed by atoms with Crippen LogP contribution in [0.4, 0.5) is 4.79 Å². The molecule has 22 heavy (non-hydrogen) atoms. The highest BCUT2D eigenvalue weighted by atomic mass is 16.4. The molecular formula is C17H36N3O2+. The number of nitrogens with zero attached hydrogens (tertiary/aromatic N) is 2. The monoisotopic (exact) mass is 314 g/mol. The minimum atomic E-state index is -1.22. The van der Waals surface area contributed by atoms with Crippen molar-refractivity contribution in [3.8, 4) is 0 Å². The van der Waals surface area contributed by atoms with Crippen LogP contribution < -0.4 is 5.73 Å². The Balaban J connectivity index is 3.55. The summed E-state index contributed by atoms with van der Waals surface area (Å²) in [5.74, 6) is 0.166. The van der Waals surface area contributed by atoms with Crippen molar-refractivity contribution < 1.29 is 14.4 Å². The van der Waals surface area contributed by atoms with Gasteiger partial charge in [-0.2, -0.15) is 0 Å². The zero-order valence-corrected chi connectivity index (χ0v) is 14.8. The lowest BCUT2D eigenvalue weighted by Gasteiger charge is -2.26. The van der Waals surface area contributed by atoms with E-state index in [0.29, 0.717) is 4.48 Å². The van der Waals surface area contributed by atoms with Crippen molar-refractivity contribution in [1.29, 1.82) is 0 Å². The SMILES string of the molecule is CCCCCCCCCCCCC[N+](C)(C)C(N)=NC(=O)O. The predicted octanol–water partition coefficient (Wildman–Crippen LogP) is 4.37. The van der Waals surface area contributed by atoms with E-state index >= 15 is 0 Å². The zero-order chi connectivity index (χ0) is 16.8. The summed E-state index contributed by atoms with van der Waals surface area (Å²) in [7, 11) is 3.80. The van der Waals surface area contributed by atoms with E-state index in [0.717, 1.165) is 13.0 Å². The van der Waals surface area contributed by atoms with Gasteiger partial charge in [0.05, 0.1) is 20.6 Å². The largest absolute Gasteiger partial charge is 0.463 e. The van der Waals surface area contributed by atoms with Gasteiger partial charge in [-0.25, -0.2) is 4.79 Å². The van der Waals surface area contributed by atoms with Crippen LogP contribution in [-0.4, -0.2) is 42.3 Å². The lowest BCUT2D eigenvalue weighted by Crippen LogP contribution is -2.51. The molecule has 3 N–H and O–H groups in total. The van der Waals surface area contributed by atoms with Gasteiger partial charge in [-0.05, 0) is 12.8 Å². The van der Waals surface area contributed by atoms with E-state index in [9.17, 15) is 4.79 Å². The molecule has 0 heterocycles. The molecule has 0 aromatic heterocycles. The van der Waals surface area contributed by atoms with Crippen LogP contribution in [0, 0.1) is 0 Å². The lowest BCUT2D eigenvalue weighted by atomic mass is 10.1. The number of nitrogens with two attached hydrogens (primary N) is 1. The Morgan fingerprint density at radius 2 is 1.32 bits per heavy atom. The molecule has 0 aromatic carbocycles. The first-order valence-corrected chi connectivity index (χ1v) is 8.80. The van der Waals surface area contributed by atoms with Crippen molar-refractivity contribution in [2.75, 3.05) is 20.6 Å². The molecule has 0 unspecified atom stereocenters. The van der Waals surface area contributed by atoms with Gasteiger partial charge in [0.15, 0.2) is 0 Å². The van der Waals surface area contributed by atoms with Crippen LogP contribution in [0.1, 0.15) is 77.6 Å². The summed E-state index contributed by atoms with van der Waals surface area (Å²) in [5, 5.41) is 8.63. The van der Waals surface area contributed by atoms with Gasteiger partial charge in [0.1, 0.15) is 0 Å². The topological polar surface area (TPSA) is 75.7 Å². The van der Waals surface area contributed by atoms with Gasteiger partial charge < -0.3 is 10.8 Å². The van der Waals surface area contributed by atoms with Gasteiger partial charge in [0, 0.05) is 0 Å². The van der Waals surface area contributed by atoms with E-state index in [1.807, 2.05) is 14.1 Å². The molecule has 0 aromatic rings. The van der Waals surface area contributed by atoms with Crippen molar-refractivity contribution >= 4 is 12.1 Å². The molecule has 130 valence electrons. The van der Waals surface area contributed by atoms with Gasteiger partial charge in [0.2, 0.25) is 0 Å². The van der Waals surface area contributed by atoms with E-state index < -0.39 is 6.09 Å². The average molecular weight is 314 g/mol. The summed E-state index contributed by atoms with van der Waals surface area (Å²) >= 11 is 0. The molecule has 5 heteroatoms. The fraction of sp³-hybridized carbons (Fsp3) is 0.882. The molecule has 0 rings (SSSR count). The third-order valence-corrected chi connectivity index (χ3v) is 4.15. The molecule has 0 aliphatic carbocycles. The first kappa shape index (κ1) is 20.9. The van der Waals surface area contributed by atoms with E-state index in [1.54, 1.807) is 0 Å². The summed E-state index contributed by atoms with van der Waals surface area (Å²) in [5.41, 5.74) is 5.72. The first-order valence-electron chi connectivity index (χ1n) is 8.80. The van der Waals surface area contributed by atoms with Crippen molar-refractivity contribution in [2.45, 2.75) is 77.6 Å². The molecule has 0 radical (unpaired) electrons. The summed E-state index contributed by atoms with van der Waals surface area (Å²) < 4.78 is 0.351. The molecular weight excluding hydrogens is 278 g/mol. The molecule has 0 bridgehead atoms. The van der Waals surface area contributed by atoms with Crippen LogP contribution in [0.5, 0.6) is 0 Å². The summed E-state index contributed by atoms with van der Waals surface area (Å²) in [6, 6.07) is 0. The number of unbranched alkanes of at least 4 members (excludes halogenated alkanes) is 10. The van der Waals surface area contributed by atoms with Crippen LogP contribution in [0.3, 0.4) is 0 Å². The Kier molecular flexibility index (Phi) is 11.8. The minimum absolute atomic E-state index is 0.166. The fourth-order valence-corrected chi connectivity index (χ4v) is 2.52. The Morgan fingerprint density at radius 1 is 0.909 bits per heavy atom. The molecule has 0 atom stereocenters. The second kappa shape index (κ2) is 12.4. The number of carboxylic acid groups (broad SMARTS) is 1. The normalized spacial score (nSPS) is 12.6. The number of amides is 1. The lowest BCUT2D eigenvalue weighted by molar-refractivity contribution is -0.801. The maximum absolute atomic E-state index is 10.5. The molecule has 0 saturated heterocycles. The number of aliphatic imine (C=N–C) groups is 1. The van der Waals surface area contributed by atoms with Crippen molar-refractivity contribution in [3.63, 3.8) is 0 Å². The van der Waals surface area contributed by atoms with E-state index in [1.165, 1.54) is 64.2 Å². The molecule has 0 spiro atoms. The molecule has 0 aliphatic heterocycles. The second-order valence-corrected chi connectivity index (χ2v) is 6.70. The third kappa shape index (κ3) is 11.5. The Hall–Kier alpha value is -1.10. The zero-order valence-electron chi connectivity index (χ0n) is 14.8. The highest BCUT2D eigenvalue weighted by molar-refractivity contribution is 5.84. The van der Waals surface area contributed by atoms with Crippen LogP contribution in [0.25, 0.3) is 0 Å². The maximum Gasteiger partial charge on any atom is 0.437 e. The maximum atomic E-state index is 10.5. The number of quaternary nitrogens is 1. The fourth-order valence-electron chi connectivity index (χ4n) is 2.52. The van der Waals surface area contributed by atoms with E-state index in [2.05, 4.69) is 11.9 Å². The molecule has 1 amide bonds. The molecule has 0 fully saturated rings. The van der Waals surface area contributed by atoms with Crippen LogP contribution in [0.2, 0.25) is 0 Å². The second-order valence-electron chi connectivity index (χ2n) is 6.70. The van der Waals surface area contributed by atoms with Gasteiger partial charge in [0.25, 0.3) is 0 Å². The van der Waals surface area contributed by atoms with E-state index in [-0.39, 0.29) is 5.96 Å². The van der Waals surface area contributed by atoms with E-state index in [4.69, 9.17) is 10.8 Å². The number of hydrogen-bond donors (Lipinski definition) is 2. The Labute approximate surface area is 136 Å². The highest BCUT2D eigenvalue weighted by Gasteiger charge is 2.21. The highest BCUT2D eigenvalue weighted by Crippen LogP contribution is 2.12. The van der Waals surface area contributed by atoms with Crippen molar-refractivity contribution in [3.05, 3.63) is 0 Å². The summed E-state index contributed by atoms with van der Waals surface area (Å²) in [4.78, 5) is 13.9. The van der Waals surface area contributed by atoms with Crippen molar-refractivity contribution in [2.24, 2.45) is 10.7 Å². The molecule has 0 aliphatic rings. The predicted molar refractivity (Wildman–Crippen MR) is 93.1 cm³/mol. The van der Waals surface area contributed by atoms with Crippen LogP contribution in [0.15, 0.2) is 4.99 Å². The number of hydrogen-bond acceptors (Lipinski definition) is 1. The summed E-state index contributed by atoms with van der Waals surface area (Å²) in [6.07, 6.45) is 13.1. The average Bonchev–Trinajstić information content (AvgIpc) is 2.44. The van der Waals surface area contributed by atoms with Gasteiger partial charge >= 0.3 is 12.1 Å². The standard InChI is InChI=1S/C17H35N3O2/c1-4-5-6-7-8-9-10-11-12-13-14-15-20(2,3)16(18)19-17(21)22/h4-15H2,1-3H3,(H2-,18,19,21,22)/p+1. The Bertz CT molecular complexity index is 328. The van der Waals surface area contributed by atoms with Gasteiger partial charge in [-0.3, -0.25) is 4.48 Å². The number of carbonyl (C=O) groups is 1. The number of guanidine groups is 1. The quantitative estimate of drug-likeness (QED) is 0.243. The Morgan fingerprint density at radius 3 is 1.73 bits per heavy atom. The minimum Gasteiger partial charge on any atom is -0.463 e. The summed E-state index contributed by atoms with van der Waals surface area (Å²) in [6.45, 7) is 3.08. The van der Waals surface area contributed by atoms with Crippen molar-refractivity contribution in [1.82, 2.24) is 0 Å². The van der Waals surface area contributed by atoms with Gasteiger partial charge in [-0.1, -0.05) is 64.7 Å². The molecule has 0 saturated carbocycles. The smallest absolute Gasteiger partial charge is 0.437 e. The first-order chi connectivity index (χ1) is 10.4. The van der Waals surface area contributed by atoms with Gasteiger partial charge in [-0.15, -0.1) is 4.99 Å². The molecule has 5 nitrogen and oxygen atoms in total. The van der Waals surface area contributed by atoms with Crippen LogP contribution >= 0.6 is 0 Å². The van der Waals surface area contributed by atoms with Crippen LogP contribution in [-0.2, 0) is 0 Å². The third-order valence-electron chi connectivity index (χ3n) is 4.15.